The maximum atomic E-state index is 6.02. The highest BCUT2D eigenvalue weighted by Crippen LogP contribution is 2.33. The molecule has 0 aliphatic heterocycles. The molecule has 0 saturated heterocycles. The van der Waals surface area contributed by atoms with Gasteiger partial charge in [-0.25, -0.2) is 0 Å². The van der Waals surface area contributed by atoms with Gasteiger partial charge in [0.25, 0.3) is 0 Å². The summed E-state index contributed by atoms with van der Waals surface area (Å²) in [5.74, 6) is 0.724. The molecule has 2 N–H and O–H groups in total. The lowest BCUT2D eigenvalue weighted by Crippen LogP contribution is -2.00. The Kier molecular flexibility index (Phi) is 3.04. The second-order valence-corrected chi connectivity index (χ2v) is 3.36. The van der Waals surface area contributed by atoms with Gasteiger partial charge in [-0.15, -0.1) is 0 Å². The van der Waals surface area contributed by atoms with Crippen molar-refractivity contribution in [3.63, 3.8) is 0 Å². The summed E-state index contributed by atoms with van der Waals surface area (Å²) in [6, 6.07) is 1.87. The zero-order chi connectivity index (χ0) is 10.0. The molecule has 1 aromatic rings. The van der Waals surface area contributed by atoms with Crippen LogP contribution in [0.1, 0.15) is 18.1 Å². The van der Waals surface area contributed by atoms with Crippen molar-refractivity contribution in [2.24, 2.45) is 0 Å². The summed E-state index contributed by atoms with van der Waals surface area (Å²) < 4.78 is 5.37. The standard InChI is InChI=1S/C10H14ClNO/c1-4-13-8-5-6(2)9(11)7(3)10(8)12/h5H,4,12H2,1-3H3. The quantitative estimate of drug-likeness (QED) is 0.744. The average molecular weight is 200 g/mol. The van der Waals surface area contributed by atoms with E-state index in [9.17, 15) is 0 Å². The summed E-state index contributed by atoms with van der Waals surface area (Å²) in [6.07, 6.45) is 0. The van der Waals surface area contributed by atoms with Crippen LogP contribution in [0.5, 0.6) is 5.75 Å². The highest BCUT2D eigenvalue weighted by molar-refractivity contribution is 6.32. The molecule has 2 nitrogen and oxygen atoms in total. The van der Waals surface area contributed by atoms with E-state index < -0.39 is 0 Å². The molecule has 0 amide bonds. The molecule has 0 heterocycles. The van der Waals surface area contributed by atoms with Crippen LogP contribution in [0.4, 0.5) is 5.69 Å². The molecule has 0 saturated carbocycles. The fourth-order valence-electron chi connectivity index (χ4n) is 1.21. The number of nitrogen functional groups attached to an aromatic ring is 1. The zero-order valence-electron chi connectivity index (χ0n) is 8.15. The number of anilines is 1. The van der Waals surface area contributed by atoms with Crippen molar-refractivity contribution in [2.45, 2.75) is 20.8 Å². The molecule has 1 rings (SSSR count). The molecular formula is C10H14ClNO. The van der Waals surface area contributed by atoms with Crippen LogP contribution in [0.15, 0.2) is 6.07 Å². The van der Waals surface area contributed by atoms with Gasteiger partial charge in [-0.1, -0.05) is 11.6 Å². The van der Waals surface area contributed by atoms with Crippen LogP contribution in [-0.2, 0) is 0 Å². The van der Waals surface area contributed by atoms with Crippen molar-refractivity contribution < 1.29 is 4.74 Å². The van der Waals surface area contributed by atoms with Gasteiger partial charge in [0.05, 0.1) is 12.3 Å². The molecule has 0 radical (unpaired) electrons. The second-order valence-electron chi connectivity index (χ2n) is 2.98. The van der Waals surface area contributed by atoms with Gasteiger partial charge in [0.15, 0.2) is 0 Å². The first kappa shape index (κ1) is 10.2. The van der Waals surface area contributed by atoms with Gasteiger partial charge in [-0.05, 0) is 38.0 Å². The van der Waals surface area contributed by atoms with Crippen LogP contribution in [0.25, 0.3) is 0 Å². The Bertz CT molecular complexity index is 323. The van der Waals surface area contributed by atoms with E-state index in [2.05, 4.69) is 0 Å². The first-order valence-corrected chi connectivity index (χ1v) is 4.63. The van der Waals surface area contributed by atoms with Crippen LogP contribution in [-0.4, -0.2) is 6.61 Å². The van der Waals surface area contributed by atoms with Crippen molar-refractivity contribution in [1.82, 2.24) is 0 Å². The molecular weight excluding hydrogens is 186 g/mol. The summed E-state index contributed by atoms with van der Waals surface area (Å²) in [4.78, 5) is 0. The highest BCUT2D eigenvalue weighted by atomic mass is 35.5. The molecule has 0 fully saturated rings. The van der Waals surface area contributed by atoms with Gasteiger partial charge in [0.1, 0.15) is 5.75 Å². The first-order valence-electron chi connectivity index (χ1n) is 4.25. The van der Waals surface area contributed by atoms with Crippen molar-refractivity contribution in [2.75, 3.05) is 12.3 Å². The van der Waals surface area contributed by atoms with E-state index >= 15 is 0 Å². The third kappa shape index (κ3) is 1.89. The Balaban J connectivity index is 3.24. The number of rotatable bonds is 2. The van der Waals surface area contributed by atoms with E-state index in [-0.39, 0.29) is 0 Å². The molecule has 0 aromatic heterocycles. The Morgan fingerprint density at radius 3 is 2.62 bits per heavy atom. The summed E-state index contributed by atoms with van der Waals surface area (Å²) in [6.45, 7) is 6.38. The summed E-state index contributed by atoms with van der Waals surface area (Å²) in [7, 11) is 0. The fourth-order valence-corrected chi connectivity index (χ4v) is 1.37. The molecule has 0 bridgehead atoms. The monoisotopic (exact) mass is 199 g/mol. The minimum absolute atomic E-state index is 0.616. The third-order valence-corrected chi connectivity index (χ3v) is 2.57. The number of aryl methyl sites for hydroxylation is 1. The van der Waals surface area contributed by atoms with Crippen LogP contribution in [0.3, 0.4) is 0 Å². The van der Waals surface area contributed by atoms with E-state index in [0.717, 1.165) is 21.9 Å². The van der Waals surface area contributed by atoms with E-state index in [1.165, 1.54) is 0 Å². The Morgan fingerprint density at radius 2 is 2.08 bits per heavy atom. The maximum Gasteiger partial charge on any atom is 0.142 e. The second kappa shape index (κ2) is 3.88. The van der Waals surface area contributed by atoms with Crippen molar-refractivity contribution >= 4 is 17.3 Å². The highest BCUT2D eigenvalue weighted by Gasteiger charge is 2.09. The van der Waals surface area contributed by atoms with Gasteiger partial charge in [-0.3, -0.25) is 0 Å². The van der Waals surface area contributed by atoms with Gasteiger partial charge in [0, 0.05) is 5.02 Å². The maximum absolute atomic E-state index is 6.02. The molecule has 0 atom stereocenters. The Labute approximate surface area is 83.6 Å². The third-order valence-electron chi connectivity index (χ3n) is 1.99. The number of halogens is 1. The molecule has 0 unspecified atom stereocenters. The van der Waals surface area contributed by atoms with Gasteiger partial charge in [0.2, 0.25) is 0 Å². The number of benzene rings is 1. The summed E-state index contributed by atoms with van der Waals surface area (Å²) in [5.41, 5.74) is 8.36. The average Bonchev–Trinajstić information content (AvgIpc) is 2.11. The first-order chi connectivity index (χ1) is 6.07. The molecule has 0 spiro atoms. The molecule has 0 aliphatic carbocycles. The lowest BCUT2D eigenvalue weighted by atomic mass is 10.1. The van der Waals surface area contributed by atoms with E-state index in [1.54, 1.807) is 0 Å². The van der Waals surface area contributed by atoms with Crippen molar-refractivity contribution in [3.05, 3.63) is 22.2 Å². The van der Waals surface area contributed by atoms with E-state index in [0.29, 0.717) is 12.3 Å². The lowest BCUT2D eigenvalue weighted by molar-refractivity contribution is 0.341. The number of ether oxygens (including phenoxy) is 1. The summed E-state index contributed by atoms with van der Waals surface area (Å²) in [5, 5.41) is 0.723. The lowest BCUT2D eigenvalue weighted by Gasteiger charge is -2.12. The van der Waals surface area contributed by atoms with E-state index in [1.807, 2.05) is 26.8 Å². The van der Waals surface area contributed by atoms with Crippen molar-refractivity contribution in [1.29, 1.82) is 0 Å². The number of hydrogen-bond acceptors (Lipinski definition) is 2. The smallest absolute Gasteiger partial charge is 0.142 e. The topological polar surface area (TPSA) is 35.2 Å². The largest absolute Gasteiger partial charge is 0.492 e. The number of hydrogen-bond donors (Lipinski definition) is 1. The molecule has 1 aromatic carbocycles. The Morgan fingerprint density at radius 1 is 1.46 bits per heavy atom. The van der Waals surface area contributed by atoms with Gasteiger partial charge in [-0.2, -0.15) is 0 Å². The van der Waals surface area contributed by atoms with Crippen molar-refractivity contribution in [3.8, 4) is 5.75 Å². The molecule has 72 valence electrons. The van der Waals surface area contributed by atoms with Crippen LogP contribution in [0, 0.1) is 13.8 Å². The SMILES string of the molecule is CCOc1cc(C)c(Cl)c(C)c1N. The van der Waals surface area contributed by atoms with Gasteiger partial charge < -0.3 is 10.5 Å². The number of nitrogens with two attached hydrogens (primary N) is 1. The predicted octanol–water partition coefficient (Wildman–Crippen LogP) is 2.94. The minimum Gasteiger partial charge on any atom is -0.492 e. The van der Waals surface area contributed by atoms with Crippen LogP contribution in [0.2, 0.25) is 5.02 Å². The predicted molar refractivity (Wildman–Crippen MR) is 56.5 cm³/mol. The molecule has 13 heavy (non-hydrogen) atoms. The summed E-state index contributed by atoms with van der Waals surface area (Å²) >= 11 is 6.02. The molecule has 3 heteroatoms. The zero-order valence-corrected chi connectivity index (χ0v) is 8.90. The molecule has 0 aliphatic rings. The van der Waals surface area contributed by atoms with Crippen LogP contribution >= 0.6 is 11.6 Å². The fraction of sp³-hybridized carbons (Fsp3) is 0.400. The van der Waals surface area contributed by atoms with Gasteiger partial charge >= 0.3 is 0 Å². The van der Waals surface area contributed by atoms with Crippen LogP contribution < -0.4 is 10.5 Å². The normalized spacial score (nSPS) is 10.2. The Hall–Kier alpha value is -0.890. The minimum atomic E-state index is 0.616. The van der Waals surface area contributed by atoms with E-state index in [4.69, 9.17) is 22.1 Å².